The number of nitrogens with one attached hydrogen (secondary N) is 2. The Morgan fingerprint density at radius 3 is 2.92 bits per heavy atom. The quantitative estimate of drug-likeness (QED) is 0.901. The second kappa shape index (κ2) is 7.25. The predicted molar refractivity (Wildman–Crippen MR) is 92.5 cm³/mol. The van der Waals surface area contributed by atoms with E-state index in [4.69, 9.17) is 0 Å². The lowest BCUT2D eigenvalue weighted by Crippen LogP contribution is -2.31. The minimum Gasteiger partial charge on any atom is -0.350 e. The molecule has 3 rings (SSSR count). The zero-order valence-corrected chi connectivity index (χ0v) is 14.5. The molecule has 3 heterocycles. The Bertz CT molecular complexity index is 688. The lowest BCUT2D eigenvalue weighted by Gasteiger charge is -2.18. The van der Waals surface area contributed by atoms with Crippen LogP contribution >= 0.6 is 0 Å². The van der Waals surface area contributed by atoms with Gasteiger partial charge < -0.3 is 15.2 Å². The first-order valence-electron chi connectivity index (χ1n) is 8.60. The fourth-order valence-corrected chi connectivity index (χ4v) is 3.22. The first-order valence-corrected chi connectivity index (χ1v) is 8.60. The van der Waals surface area contributed by atoms with Crippen molar-refractivity contribution in [1.82, 2.24) is 24.8 Å². The summed E-state index contributed by atoms with van der Waals surface area (Å²) in [5, 5.41) is 6.73. The number of imidazole rings is 1. The van der Waals surface area contributed by atoms with Gasteiger partial charge in [-0.25, -0.2) is 19.3 Å². The Morgan fingerprint density at radius 2 is 2.12 bits per heavy atom. The van der Waals surface area contributed by atoms with E-state index in [0.717, 1.165) is 31.8 Å². The van der Waals surface area contributed by atoms with Gasteiger partial charge in [-0.3, -0.25) is 0 Å². The van der Waals surface area contributed by atoms with Crippen molar-refractivity contribution in [3.8, 4) is 11.4 Å². The second-order valence-electron chi connectivity index (χ2n) is 6.59. The number of hydrogen-bond donors (Lipinski definition) is 2. The van der Waals surface area contributed by atoms with Crippen LogP contribution in [0.1, 0.15) is 45.0 Å². The lowest BCUT2D eigenvalue weighted by molar-refractivity contribution is 0.577. The van der Waals surface area contributed by atoms with E-state index in [1.54, 1.807) is 6.20 Å². The molecule has 0 amide bonds. The molecule has 2 N–H and O–H groups in total. The minimum absolute atomic E-state index is 0.180. The Kier molecular flexibility index (Phi) is 5.08. The normalized spacial score (nSPS) is 18.6. The number of nitrogens with zero attached hydrogens (tertiary/aromatic N) is 4. The molecular weight excluding hydrogens is 307 g/mol. The van der Waals surface area contributed by atoms with Crippen molar-refractivity contribution < 1.29 is 4.39 Å². The van der Waals surface area contributed by atoms with E-state index in [9.17, 15) is 4.39 Å². The van der Waals surface area contributed by atoms with E-state index in [-0.39, 0.29) is 12.1 Å². The lowest BCUT2D eigenvalue weighted by atomic mass is 10.1. The maximum absolute atomic E-state index is 14.3. The molecule has 0 aliphatic carbocycles. The van der Waals surface area contributed by atoms with Crippen LogP contribution in [-0.4, -0.2) is 38.7 Å². The molecule has 7 heteroatoms. The van der Waals surface area contributed by atoms with Crippen LogP contribution in [0.25, 0.3) is 11.4 Å². The van der Waals surface area contributed by atoms with Gasteiger partial charge in [0, 0.05) is 18.6 Å². The highest BCUT2D eigenvalue weighted by atomic mass is 19.1. The van der Waals surface area contributed by atoms with Crippen molar-refractivity contribution in [3.63, 3.8) is 0 Å². The molecular formula is C17H25FN6. The predicted octanol–water partition coefficient (Wildman–Crippen LogP) is 2.92. The molecule has 0 saturated carbocycles. The molecule has 1 atom stereocenters. The zero-order valence-electron chi connectivity index (χ0n) is 14.5. The van der Waals surface area contributed by atoms with Crippen LogP contribution in [0, 0.1) is 12.7 Å². The van der Waals surface area contributed by atoms with Crippen molar-refractivity contribution in [2.24, 2.45) is 0 Å². The second-order valence-corrected chi connectivity index (χ2v) is 6.59. The summed E-state index contributed by atoms with van der Waals surface area (Å²) in [6.45, 7) is 7.93. The summed E-state index contributed by atoms with van der Waals surface area (Å²) in [5.74, 6) is 0.885. The molecule has 0 spiro atoms. The van der Waals surface area contributed by atoms with Gasteiger partial charge in [-0.15, -0.1) is 0 Å². The van der Waals surface area contributed by atoms with Crippen LogP contribution in [0.5, 0.6) is 0 Å². The summed E-state index contributed by atoms with van der Waals surface area (Å²) in [7, 11) is 0. The molecule has 0 aromatic carbocycles. The van der Waals surface area contributed by atoms with E-state index < -0.39 is 5.82 Å². The topological polar surface area (TPSA) is 67.7 Å². The summed E-state index contributed by atoms with van der Waals surface area (Å²) >= 11 is 0. The Morgan fingerprint density at radius 1 is 1.29 bits per heavy atom. The number of halogens is 1. The van der Waals surface area contributed by atoms with Crippen LogP contribution in [0.2, 0.25) is 0 Å². The third-order valence-corrected chi connectivity index (χ3v) is 4.37. The van der Waals surface area contributed by atoms with Crippen molar-refractivity contribution >= 4 is 5.95 Å². The van der Waals surface area contributed by atoms with Gasteiger partial charge in [0.2, 0.25) is 5.95 Å². The van der Waals surface area contributed by atoms with E-state index in [1.165, 1.54) is 12.6 Å². The van der Waals surface area contributed by atoms with Gasteiger partial charge in [0.1, 0.15) is 11.5 Å². The zero-order chi connectivity index (χ0) is 17.1. The standard InChI is InChI=1S/C17H25FN6/c1-11(2)24-12(3)20-10-15(24)16-14(18)9-21-17(23-16)22-13-6-4-5-7-19-8-13/h9-11,13,19H,4-8H2,1-3H3,(H,21,22,23). The van der Waals surface area contributed by atoms with E-state index in [1.807, 2.05) is 25.3 Å². The van der Waals surface area contributed by atoms with Gasteiger partial charge in [-0.1, -0.05) is 6.42 Å². The molecule has 0 bridgehead atoms. The van der Waals surface area contributed by atoms with Crippen molar-refractivity contribution in [1.29, 1.82) is 0 Å². The number of aromatic nitrogens is 4. The molecule has 130 valence electrons. The van der Waals surface area contributed by atoms with Gasteiger partial charge in [0.25, 0.3) is 0 Å². The Labute approximate surface area is 141 Å². The van der Waals surface area contributed by atoms with Crippen molar-refractivity contribution in [2.45, 2.75) is 52.1 Å². The summed E-state index contributed by atoms with van der Waals surface area (Å²) in [6.07, 6.45) is 6.32. The smallest absolute Gasteiger partial charge is 0.223 e. The molecule has 24 heavy (non-hydrogen) atoms. The molecule has 6 nitrogen and oxygen atoms in total. The van der Waals surface area contributed by atoms with Gasteiger partial charge >= 0.3 is 0 Å². The Hall–Kier alpha value is -2.02. The van der Waals surface area contributed by atoms with Crippen molar-refractivity contribution in [3.05, 3.63) is 24.0 Å². The van der Waals surface area contributed by atoms with Crippen LogP contribution in [0.15, 0.2) is 12.4 Å². The number of anilines is 1. The third kappa shape index (κ3) is 3.56. The van der Waals surface area contributed by atoms with E-state index in [0.29, 0.717) is 17.3 Å². The van der Waals surface area contributed by atoms with Crippen LogP contribution < -0.4 is 10.6 Å². The maximum atomic E-state index is 14.3. The average Bonchev–Trinajstić information content (AvgIpc) is 2.76. The summed E-state index contributed by atoms with van der Waals surface area (Å²) in [4.78, 5) is 12.9. The molecule has 1 saturated heterocycles. The van der Waals surface area contributed by atoms with E-state index in [2.05, 4.69) is 25.6 Å². The van der Waals surface area contributed by atoms with Crippen LogP contribution in [-0.2, 0) is 0 Å². The van der Waals surface area contributed by atoms with Gasteiger partial charge in [0.05, 0.1) is 18.1 Å². The minimum atomic E-state index is -0.429. The fourth-order valence-electron chi connectivity index (χ4n) is 3.22. The first kappa shape index (κ1) is 16.8. The van der Waals surface area contributed by atoms with Crippen LogP contribution in [0.4, 0.5) is 10.3 Å². The first-order chi connectivity index (χ1) is 11.6. The molecule has 2 aromatic rings. The molecule has 1 aliphatic rings. The number of rotatable bonds is 4. The van der Waals surface area contributed by atoms with Gasteiger partial charge in [-0.05, 0) is 40.2 Å². The number of hydrogen-bond acceptors (Lipinski definition) is 5. The highest BCUT2D eigenvalue weighted by molar-refractivity contribution is 5.57. The molecule has 1 aliphatic heterocycles. The van der Waals surface area contributed by atoms with Gasteiger partial charge in [0.15, 0.2) is 5.82 Å². The highest BCUT2D eigenvalue weighted by Gasteiger charge is 2.19. The molecule has 1 unspecified atom stereocenters. The third-order valence-electron chi connectivity index (χ3n) is 4.37. The summed E-state index contributed by atoms with van der Waals surface area (Å²) < 4.78 is 16.3. The SMILES string of the molecule is Cc1ncc(-c2nc(NC3CCCCNC3)ncc2F)n1C(C)C. The summed E-state index contributed by atoms with van der Waals surface area (Å²) in [5.41, 5.74) is 0.979. The maximum Gasteiger partial charge on any atom is 0.223 e. The molecule has 0 radical (unpaired) electrons. The van der Waals surface area contributed by atoms with Crippen LogP contribution in [0.3, 0.4) is 0 Å². The fraction of sp³-hybridized carbons (Fsp3) is 0.588. The molecule has 2 aromatic heterocycles. The average molecular weight is 332 g/mol. The van der Waals surface area contributed by atoms with Crippen molar-refractivity contribution in [2.75, 3.05) is 18.4 Å². The van der Waals surface area contributed by atoms with Gasteiger partial charge in [-0.2, -0.15) is 0 Å². The summed E-state index contributed by atoms with van der Waals surface area (Å²) in [6, 6.07) is 0.446. The number of aryl methyl sites for hydroxylation is 1. The largest absolute Gasteiger partial charge is 0.350 e. The monoisotopic (exact) mass is 332 g/mol. The molecule has 1 fully saturated rings. The van der Waals surface area contributed by atoms with E-state index >= 15 is 0 Å². The Balaban J connectivity index is 1.89. The highest BCUT2D eigenvalue weighted by Crippen LogP contribution is 2.26.